The van der Waals surface area contributed by atoms with Crippen LogP contribution in [-0.2, 0) is 14.3 Å². The number of benzene rings is 1. The standard InChI is InChI=1S/C14H19NO5/c1-10-5-3-4-6-12(10)20-8-7-13(16)15-11(9-19-2)14(17)18/h3-6,11H,7-9H2,1-2H3,(H,15,16)(H,17,18). The summed E-state index contributed by atoms with van der Waals surface area (Å²) in [7, 11) is 1.38. The minimum absolute atomic E-state index is 0.0697. The molecule has 0 bridgehead atoms. The molecule has 6 nitrogen and oxygen atoms in total. The molecule has 6 heteroatoms. The smallest absolute Gasteiger partial charge is 0.328 e. The van der Waals surface area contributed by atoms with E-state index in [0.717, 1.165) is 5.56 Å². The van der Waals surface area contributed by atoms with Crippen molar-refractivity contribution in [2.75, 3.05) is 20.3 Å². The molecule has 0 saturated carbocycles. The Balaban J connectivity index is 2.36. The molecule has 20 heavy (non-hydrogen) atoms. The van der Waals surface area contributed by atoms with E-state index >= 15 is 0 Å². The van der Waals surface area contributed by atoms with E-state index in [1.165, 1.54) is 7.11 Å². The van der Waals surface area contributed by atoms with E-state index in [-0.39, 0.29) is 25.5 Å². The maximum absolute atomic E-state index is 11.6. The highest BCUT2D eigenvalue weighted by Gasteiger charge is 2.19. The minimum Gasteiger partial charge on any atom is -0.493 e. The third kappa shape index (κ3) is 5.27. The van der Waals surface area contributed by atoms with Gasteiger partial charge in [0.15, 0.2) is 6.04 Å². The number of methoxy groups -OCH3 is 1. The third-order valence-electron chi connectivity index (χ3n) is 2.65. The number of hydrogen-bond acceptors (Lipinski definition) is 4. The number of amides is 1. The summed E-state index contributed by atoms with van der Waals surface area (Å²) in [6, 6.07) is 6.44. The van der Waals surface area contributed by atoms with Gasteiger partial charge in [0.25, 0.3) is 0 Å². The van der Waals surface area contributed by atoms with Crippen molar-refractivity contribution in [1.29, 1.82) is 0 Å². The normalized spacial score (nSPS) is 11.7. The van der Waals surface area contributed by atoms with Gasteiger partial charge in [-0.05, 0) is 18.6 Å². The second-order valence-corrected chi connectivity index (χ2v) is 4.28. The van der Waals surface area contributed by atoms with E-state index in [4.69, 9.17) is 14.6 Å². The highest BCUT2D eigenvalue weighted by Crippen LogP contribution is 2.16. The number of carboxylic acids is 1. The second kappa shape index (κ2) is 8.16. The number of carbonyl (C=O) groups is 2. The van der Waals surface area contributed by atoms with Crippen LogP contribution < -0.4 is 10.1 Å². The van der Waals surface area contributed by atoms with Crippen LogP contribution >= 0.6 is 0 Å². The van der Waals surface area contributed by atoms with Gasteiger partial charge in [-0.15, -0.1) is 0 Å². The molecule has 1 atom stereocenters. The van der Waals surface area contributed by atoms with Gasteiger partial charge in [0.05, 0.1) is 19.6 Å². The number of nitrogens with one attached hydrogen (secondary N) is 1. The zero-order chi connectivity index (χ0) is 15.0. The van der Waals surface area contributed by atoms with Gasteiger partial charge in [-0.3, -0.25) is 4.79 Å². The van der Waals surface area contributed by atoms with Gasteiger partial charge in [0.2, 0.25) is 5.91 Å². The number of aryl methyl sites for hydroxylation is 1. The first-order valence-electron chi connectivity index (χ1n) is 6.24. The largest absolute Gasteiger partial charge is 0.493 e. The first kappa shape index (κ1) is 16.0. The molecular weight excluding hydrogens is 262 g/mol. The molecule has 0 saturated heterocycles. The third-order valence-corrected chi connectivity index (χ3v) is 2.65. The summed E-state index contributed by atoms with van der Waals surface area (Å²) in [5, 5.41) is 11.2. The fourth-order valence-corrected chi connectivity index (χ4v) is 1.58. The Bertz CT molecular complexity index is 461. The number of hydrogen-bond donors (Lipinski definition) is 2. The summed E-state index contributed by atoms with van der Waals surface area (Å²) in [5.41, 5.74) is 0.982. The van der Waals surface area contributed by atoms with E-state index in [1.807, 2.05) is 31.2 Å². The van der Waals surface area contributed by atoms with Crippen molar-refractivity contribution in [3.63, 3.8) is 0 Å². The van der Waals surface area contributed by atoms with Crippen molar-refractivity contribution in [3.05, 3.63) is 29.8 Å². The summed E-state index contributed by atoms with van der Waals surface area (Å²) in [4.78, 5) is 22.4. The lowest BCUT2D eigenvalue weighted by Crippen LogP contribution is -2.44. The van der Waals surface area contributed by atoms with E-state index < -0.39 is 12.0 Å². The Hall–Kier alpha value is -2.08. The Labute approximate surface area is 117 Å². The molecule has 1 unspecified atom stereocenters. The number of rotatable bonds is 8. The maximum atomic E-state index is 11.6. The van der Waals surface area contributed by atoms with Crippen molar-refractivity contribution in [2.45, 2.75) is 19.4 Å². The molecule has 0 aromatic heterocycles. The Kier molecular flexibility index (Phi) is 6.52. The number of aliphatic carboxylic acids is 1. The molecule has 1 aromatic rings. The highest BCUT2D eigenvalue weighted by atomic mass is 16.5. The van der Waals surface area contributed by atoms with Gasteiger partial charge in [0, 0.05) is 7.11 Å². The van der Waals surface area contributed by atoms with Crippen LogP contribution in [0.25, 0.3) is 0 Å². The summed E-state index contributed by atoms with van der Waals surface area (Å²) in [6.07, 6.45) is 0.0851. The predicted molar refractivity (Wildman–Crippen MR) is 72.7 cm³/mol. The number of para-hydroxylation sites is 1. The number of carboxylic acid groups (broad SMARTS) is 1. The summed E-state index contributed by atoms with van der Waals surface area (Å²) in [6.45, 7) is 2.03. The van der Waals surface area contributed by atoms with E-state index in [1.54, 1.807) is 0 Å². The van der Waals surface area contributed by atoms with E-state index in [2.05, 4.69) is 5.32 Å². The van der Waals surface area contributed by atoms with Crippen molar-refractivity contribution in [3.8, 4) is 5.75 Å². The molecule has 0 aliphatic carbocycles. The molecule has 1 amide bonds. The molecule has 0 aliphatic heterocycles. The SMILES string of the molecule is COCC(NC(=O)CCOc1ccccc1C)C(=O)O. The Morgan fingerprint density at radius 2 is 2.05 bits per heavy atom. The molecule has 1 aromatic carbocycles. The lowest BCUT2D eigenvalue weighted by Gasteiger charge is -2.14. The summed E-state index contributed by atoms with van der Waals surface area (Å²) >= 11 is 0. The first-order chi connectivity index (χ1) is 9.54. The molecule has 0 spiro atoms. The predicted octanol–water partition coefficient (Wildman–Crippen LogP) is 0.980. The average Bonchev–Trinajstić information content (AvgIpc) is 2.40. The highest BCUT2D eigenvalue weighted by molar-refractivity contribution is 5.83. The first-order valence-corrected chi connectivity index (χ1v) is 6.24. The van der Waals surface area contributed by atoms with Crippen LogP contribution in [0.15, 0.2) is 24.3 Å². The molecule has 2 N–H and O–H groups in total. The van der Waals surface area contributed by atoms with Crippen LogP contribution in [0.4, 0.5) is 0 Å². The van der Waals surface area contributed by atoms with Crippen molar-refractivity contribution in [1.82, 2.24) is 5.32 Å². The Morgan fingerprint density at radius 1 is 1.35 bits per heavy atom. The van der Waals surface area contributed by atoms with Crippen LogP contribution in [0, 0.1) is 6.92 Å². The summed E-state index contributed by atoms with van der Waals surface area (Å²) in [5.74, 6) is -0.796. The quantitative estimate of drug-likeness (QED) is 0.742. The van der Waals surface area contributed by atoms with Gasteiger partial charge in [-0.1, -0.05) is 18.2 Å². The van der Waals surface area contributed by atoms with Crippen molar-refractivity contribution >= 4 is 11.9 Å². The van der Waals surface area contributed by atoms with Crippen LogP contribution in [0.1, 0.15) is 12.0 Å². The van der Waals surface area contributed by atoms with Gasteiger partial charge in [-0.2, -0.15) is 0 Å². The van der Waals surface area contributed by atoms with Crippen LogP contribution in [0.5, 0.6) is 5.75 Å². The van der Waals surface area contributed by atoms with Crippen LogP contribution in [-0.4, -0.2) is 43.3 Å². The maximum Gasteiger partial charge on any atom is 0.328 e. The van der Waals surface area contributed by atoms with Gasteiger partial charge in [-0.25, -0.2) is 4.79 Å². The molecule has 0 radical (unpaired) electrons. The molecule has 110 valence electrons. The van der Waals surface area contributed by atoms with Gasteiger partial charge >= 0.3 is 5.97 Å². The lowest BCUT2D eigenvalue weighted by atomic mass is 10.2. The summed E-state index contributed by atoms with van der Waals surface area (Å²) < 4.78 is 10.2. The van der Waals surface area contributed by atoms with E-state index in [9.17, 15) is 9.59 Å². The molecule has 0 aliphatic rings. The van der Waals surface area contributed by atoms with Gasteiger partial charge in [0.1, 0.15) is 5.75 Å². The fraction of sp³-hybridized carbons (Fsp3) is 0.429. The molecular formula is C14H19NO5. The minimum atomic E-state index is -1.12. The topological polar surface area (TPSA) is 84.9 Å². The van der Waals surface area contributed by atoms with E-state index in [0.29, 0.717) is 5.75 Å². The zero-order valence-electron chi connectivity index (χ0n) is 11.6. The van der Waals surface area contributed by atoms with Crippen LogP contribution in [0.2, 0.25) is 0 Å². The second-order valence-electron chi connectivity index (χ2n) is 4.28. The van der Waals surface area contributed by atoms with Crippen molar-refractivity contribution in [2.24, 2.45) is 0 Å². The Morgan fingerprint density at radius 3 is 2.65 bits per heavy atom. The average molecular weight is 281 g/mol. The van der Waals surface area contributed by atoms with Gasteiger partial charge < -0.3 is 19.9 Å². The lowest BCUT2D eigenvalue weighted by molar-refractivity contribution is -0.143. The van der Waals surface area contributed by atoms with Crippen molar-refractivity contribution < 1.29 is 24.2 Å². The number of carbonyl (C=O) groups excluding carboxylic acids is 1. The number of ether oxygens (including phenoxy) is 2. The van der Waals surface area contributed by atoms with Crippen LogP contribution in [0.3, 0.4) is 0 Å². The molecule has 0 heterocycles. The molecule has 1 rings (SSSR count). The molecule has 0 fully saturated rings. The fourth-order valence-electron chi connectivity index (χ4n) is 1.58. The monoisotopic (exact) mass is 281 g/mol. The zero-order valence-corrected chi connectivity index (χ0v) is 11.6.